The molecule has 5 nitrogen and oxygen atoms in total. The number of fused-ring (bicyclic) bond motifs is 1. The topological polar surface area (TPSA) is 51.0 Å². The maximum atomic E-state index is 12.6. The third kappa shape index (κ3) is 2.09. The molecule has 3 rings (SSSR count). The number of nitrogens with zero attached hydrogens (tertiary/aromatic N) is 4. The number of rotatable bonds is 1. The van der Waals surface area contributed by atoms with Crippen molar-refractivity contribution in [1.82, 2.24) is 14.5 Å². The van der Waals surface area contributed by atoms with Crippen molar-refractivity contribution in [2.24, 2.45) is 0 Å². The van der Waals surface area contributed by atoms with Gasteiger partial charge in [0.15, 0.2) is 0 Å². The Morgan fingerprint density at radius 2 is 1.85 bits per heavy atom. The second kappa shape index (κ2) is 5.07. The fourth-order valence-corrected chi connectivity index (χ4v) is 2.64. The van der Waals surface area contributed by atoms with Gasteiger partial charge in [-0.05, 0) is 31.9 Å². The summed E-state index contributed by atoms with van der Waals surface area (Å²) < 4.78 is 1.80. The second-order valence-electron chi connectivity index (χ2n) is 5.21. The molecule has 0 radical (unpaired) electrons. The maximum Gasteiger partial charge on any atom is 0.258 e. The molecule has 2 aromatic rings. The Bertz CT molecular complexity index is 678. The summed E-state index contributed by atoms with van der Waals surface area (Å²) in [7, 11) is 2.00. The number of pyridine rings is 1. The molecule has 0 N–H and O–H groups in total. The molecule has 0 saturated heterocycles. The Morgan fingerprint density at radius 1 is 1.15 bits per heavy atom. The van der Waals surface area contributed by atoms with Gasteiger partial charge in [-0.2, -0.15) is 0 Å². The van der Waals surface area contributed by atoms with E-state index in [1.54, 1.807) is 17.0 Å². The van der Waals surface area contributed by atoms with Crippen LogP contribution in [0.25, 0.3) is 11.3 Å². The minimum atomic E-state index is 0.0653. The van der Waals surface area contributed by atoms with Crippen molar-refractivity contribution in [3.8, 4) is 11.3 Å². The monoisotopic (exact) mass is 270 g/mol. The number of hydrogen-bond acceptors (Lipinski definition) is 4. The van der Waals surface area contributed by atoms with Crippen LogP contribution in [0.15, 0.2) is 29.3 Å². The molecule has 3 heterocycles. The van der Waals surface area contributed by atoms with Gasteiger partial charge < -0.3 is 4.90 Å². The van der Waals surface area contributed by atoms with Crippen LogP contribution < -0.4 is 10.5 Å². The first-order valence-electron chi connectivity index (χ1n) is 6.91. The van der Waals surface area contributed by atoms with Crippen molar-refractivity contribution < 1.29 is 0 Å². The highest BCUT2D eigenvalue weighted by Gasteiger charge is 2.19. The lowest BCUT2D eigenvalue weighted by Crippen LogP contribution is -2.30. The van der Waals surface area contributed by atoms with E-state index in [1.165, 1.54) is 0 Å². The summed E-state index contributed by atoms with van der Waals surface area (Å²) in [6, 6.07) is 3.78. The van der Waals surface area contributed by atoms with Gasteiger partial charge in [-0.3, -0.25) is 14.3 Å². The fraction of sp³-hybridized carbons (Fsp3) is 0.400. The van der Waals surface area contributed by atoms with E-state index < -0.39 is 0 Å². The van der Waals surface area contributed by atoms with Gasteiger partial charge in [-0.15, -0.1) is 0 Å². The summed E-state index contributed by atoms with van der Waals surface area (Å²) in [4.78, 5) is 23.4. The quantitative estimate of drug-likeness (QED) is 0.793. The molecule has 5 heteroatoms. The summed E-state index contributed by atoms with van der Waals surface area (Å²) in [5.41, 5.74) is 2.47. The largest absolute Gasteiger partial charge is 0.345 e. The van der Waals surface area contributed by atoms with Crippen molar-refractivity contribution in [2.45, 2.75) is 26.3 Å². The van der Waals surface area contributed by atoms with Crippen LogP contribution in [0.2, 0.25) is 0 Å². The second-order valence-corrected chi connectivity index (χ2v) is 5.21. The van der Waals surface area contributed by atoms with E-state index in [9.17, 15) is 4.79 Å². The molecule has 0 aromatic carbocycles. The van der Waals surface area contributed by atoms with Crippen molar-refractivity contribution in [1.29, 1.82) is 0 Å². The molecule has 0 atom stereocenters. The normalized spacial score (nSPS) is 14.8. The van der Waals surface area contributed by atoms with Gasteiger partial charge in [0, 0.05) is 43.7 Å². The molecule has 0 saturated carbocycles. The highest BCUT2D eigenvalue weighted by molar-refractivity contribution is 5.63. The molecule has 0 spiro atoms. The lowest BCUT2D eigenvalue weighted by Gasteiger charge is -2.20. The van der Waals surface area contributed by atoms with E-state index in [0.29, 0.717) is 5.56 Å². The van der Waals surface area contributed by atoms with Crippen LogP contribution in [-0.2, 0) is 6.54 Å². The van der Waals surface area contributed by atoms with E-state index in [2.05, 4.69) is 9.88 Å². The molecular formula is C15H18N4O. The molecule has 2 aromatic heterocycles. The molecule has 20 heavy (non-hydrogen) atoms. The highest BCUT2D eigenvalue weighted by Crippen LogP contribution is 2.23. The minimum Gasteiger partial charge on any atom is -0.345 e. The Balaban J connectivity index is 2.24. The predicted molar refractivity (Wildman–Crippen MR) is 79.0 cm³/mol. The van der Waals surface area contributed by atoms with Gasteiger partial charge in [0.25, 0.3) is 5.56 Å². The van der Waals surface area contributed by atoms with Gasteiger partial charge in [0.1, 0.15) is 0 Å². The Kier molecular flexibility index (Phi) is 3.26. The van der Waals surface area contributed by atoms with E-state index in [1.807, 2.05) is 26.1 Å². The van der Waals surface area contributed by atoms with Crippen LogP contribution in [0.3, 0.4) is 0 Å². The van der Waals surface area contributed by atoms with Crippen LogP contribution in [0.1, 0.15) is 18.4 Å². The summed E-state index contributed by atoms with van der Waals surface area (Å²) in [6.45, 7) is 3.54. The van der Waals surface area contributed by atoms with Gasteiger partial charge in [-0.25, -0.2) is 4.98 Å². The van der Waals surface area contributed by atoms with Gasteiger partial charge in [0.2, 0.25) is 5.95 Å². The zero-order valence-electron chi connectivity index (χ0n) is 11.8. The summed E-state index contributed by atoms with van der Waals surface area (Å²) in [5, 5.41) is 0. The van der Waals surface area contributed by atoms with Gasteiger partial charge in [0.05, 0.1) is 5.69 Å². The zero-order valence-corrected chi connectivity index (χ0v) is 11.8. The standard InChI is InChI=1S/C15H18N4O/c1-11-13(12-5-7-16-8-6-12)17-15-18(2)9-3-4-10-19(15)14(11)20/h5-8H,3-4,9-10H2,1-2H3. The first kappa shape index (κ1) is 12.8. The molecule has 104 valence electrons. The van der Waals surface area contributed by atoms with Crippen LogP contribution >= 0.6 is 0 Å². The lowest BCUT2D eigenvalue weighted by atomic mass is 10.1. The van der Waals surface area contributed by atoms with Crippen molar-refractivity contribution in [3.63, 3.8) is 0 Å². The van der Waals surface area contributed by atoms with E-state index in [4.69, 9.17) is 4.98 Å². The van der Waals surface area contributed by atoms with E-state index in [0.717, 1.165) is 43.1 Å². The molecular weight excluding hydrogens is 252 g/mol. The third-order valence-electron chi connectivity index (χ3n) is 3.79. The summed E-state index contributed by atoms with van der Waals surface area (Å²) >= 11 is 0. The van der Waals surface area contributed by atoms with Crippen LogP contribution in [0.5, 0.6) is 0 Å². The molecule has 0 amide bonds. The first-order valence-corrected chi connectivity index (χ1v) is 6.91. The smallest absolute Gasteiger partial charge is 0.258 e. The molecule has 0 fully saturated rings. The Labute approximate surface area is 117 Å². The molecule has 1 aliphatic rings. The fourth-order valence-electron chi connectivity index (χ4n) is 2.64. The number of aromatic nitrogens is 3. The predicted octanol–water partition coefficient (Wildman–Crippen LogP) is 1.84. The Hall–Kier alpha value is -2.17. The number of hydrogen-bond donors (Lipinski definition) is 0. The van der Waals surface area contributed by atoms with Crippen LogP contribution in [0.4, 0.5) is 5.95 Å². The molecule has 0 unspecified atom stereocenters. The average Bonchev–Trinajstić information content (AvgIpc) is 2.66. The van der Waals surface area contributed by atoms with Crippen LogP contribution in [-0.4, -0.2) is 28.1 Å². The van der Waals surface area contributed by atoms with E-state index >= 15 is 0 Å². The lowest BCUT2D eigenvalue weighted by molar-refractivity contribution is 0.628. The first-order chi connectivity index (χ1) is 9.68. The molecule has 0 aliphatic carbocycles. The number of anilines is 1. The average molecular weight is 270 g/mol. The SMILES string of the molecule is Cc1c(-c2ccncc2)nc2n(c1=O)CCCCN2C. The van der Waals surface area contributed by atoms with Crippen molar-refractivity contribution in [3.05, 3.63) is 40.4 Å². The zero-order chi connectivity index (χ0) is 14.1. The molecule has 1 aliphatic heterocycles. The Morgan fingerprint density at radius 3 is 2.60 bits per heavy atom. The molecule has 0 bridgehead atoms. The van der Waals surface area contributed by atoms with Gasteiger partial charge >= 0.3 is 0 Å². The van der Waals surface area contributed by atoms with Crippen LogP contribution in [0, 0.1) is 6.92 Å². The third-order valence-corrected chi connectivity index (χ3v) is 3.79. The summed E-state index contributed by atoms with van der Waals surface area (Å²) in [6.07, 6.45) is 5.56. The van der Waals surface area contributed by atoms with Crippen molar-refractivity contribution in [2.75, 3.05) is 18.5 Å². The van der Waals surface area contributed by atoms with Crippen molar-refractivity contribution >= 4 is 5.95 Å². The maximum absolute atomic E-state index is 12.6. The minimum absolute atomic E-state index is 0.0653. The summed E-state index contributed by atoms with van der Waals surface area (Å²) in [5.74, 6) is 0.768. The highest BCUT2D eigenvalue weighted by atomic mass is 16.1. The van der Waals surface area contributed by atoms with Gasteiger partial charge in [-0.1, -0.05) is 0 Å². The van der Waals surface area contributed by atoms with E-state index in [-0.39, 0.29) is 5.56 Å².